The second-order valence-electron chi connectivity index (χ2n) is 7.48. The number of carbonyl (C=O) groups excluding carboxylic acids is 2. The number of hydrogen-bond donors (Lipinski definition) is 0. The van der Waals surface area contributed by atoms with Gasteiger partial charge < -0.3 is 4.74 Å². The Bertz CT molecular complexity index is 1060. The van der Waals surface area contributed by atoms with Gasteiger partial charge in [0.05, 0.1) is 5.92 Å². The molecule has 3 aromatic rings. The van der Waals surface area contributed by atoms with Gasteiger partial charge in [0.15, 0.2) is 5.78 Å². The molecule has 0 spiro atoms. The van der Waals surface area contributed by atoms with Gasteiger partial charge in [-0.15, -0.1) is 0 Å². The first-order chi connectivity index (χ1) is 13.5. The Morgan fingerprint density at radius 1 is 0.821 bits per heavy atom. The van der Waals surface area contributed by atoms with Gasteiger partial charge in [0, 0.05) is 22.6 Å². The number of benzene rings is 3. The smallest absolute Gasteiger partial charge is 0.174 e. The van der Waals surface area contributed by atoms with Crippen molar-refractivity contribution in [1.82, 2.24) is 0 Å². The highest BCUT2D eigenvalue weighted by molar-refractivity contribution is 6.11. The molecule has 28 heavy (non-hydrogen) atoms. The van der Waals surface area contributed by atoms with Crippen LogP contribution in [0.3, 0.4) is 0 Å². The van der Waals surface area contributed by atoms with Crippen LogP contribution < -0.4 is 4.74 Å². The molecule has 0 radical (unpaired) electrons. The van der Waals surface area contributed by atoms with E-state index in [0.717, 1.165) is 22.3 Å². The molecule has 3 heteroatoms. The summed E-state index contributed by atoms with van der Waals surface area (Å²) >= 11 is 0. The van der Waals surface area contributed by atoms with Crippen LogP contribution in [0, 0.1) is 19.8 Å². The highest BCUT2D eigenvalue weighted by Crippen LogP contribution is 2.48. The summed E-state index contributed by atoms with van der Waals surface area (Å²) in [5.41, 5.74) is 4.47. The van der Waals surface area contributed by atoms with Crippen molar-refractivity contribution in [3.05, 3.63) is 94.5 Å². The van der Waals surface area contributed by atoms with Gasteiger partial charge in [-0.3, -0.25) is 9.59 Å². The summed E-state index contributed by atoms with van der Waals surface area (Å²) in [5, 5.41) is 0. The predicted octanol–water partition coefficient (Wildman–Crippen LogP) is 5.63. The van der Waals surface area contributed by atoms with E-state index in [2.05, 4.69) is 0 Å². The number of aryl methyl sites for hydroxylation is 2. The maximum Gasteiger partial charge on any atom is 0.174 e. The zero-order valence-electron chi connectivity index (χ0n) is 16.2. The third kappa shape index (κ3) is 3.13. The molecule has 0 aromatic heterocycles. The third-order valence-electron chi connectivity index (χ3n) is 5.36. The molecule has 1 aliphatic rings. The van der Waals surface area contributed by atoms with Gasteiger partial charge in [-0.1, -0.05) is 65.7 Å². The molecule has 0 N–H and O–H groups in total. The molecule has 1 heterocycles. The van der Waals surface area contributed by atoms with Crippen molar-refractivity contribution in [3.8, 4) is 11.5 Å². The number of hydrogen-bond acceptors (Lipinski definition) is 3. The SMILES string of the molecule is CC(=O)[C@@H](C(=O)c1ccc(C)cc1)[C@H]1c2ccccc2Oc2ccc(C)cc21. The Hall–Kier alpha value is -3.20. The summed E-state index contributed by atoms with van der Waals surface area (Å²) in [6, 6.07) is 21.0. The van der Waals surface area contributed by atoms with Crippen molar-refractivity contribution in [1.29, 1.82) is 0 Å². The van der Waals surface area contributed by atoms with Gasteiger partial charge in [0.25, 0.3) is 0 Å². The van der Waals surface area contributed by atoms with E-state index < -0.39 is 5.92 Å². The molecule has 0 unspecified atom stereocenters. The molecular weight excluding hydrogens is 348 g/mol. The van der Waals surface area contributed by atoms with Crippen molar-refractivity contribution < 1.29 is 14.3 Å². The molecule has 0 bridgehead atoms. The zero-order valence-corrected chi connectivity index (χ0v) is 16.2. The van der Waals surface area contributed by atoms with Crippen LogP contribution in [0.5, 0.6) is 11.5 Å². The van der Waals surface area contributed by atoms with E-state index in [9.17, 15) is 9.59 Å². The molecule has 0 saturated heterocycles. The van der Waals surface area contributed by atoms with Crippen LogP contribution in [0.15, 0.2) is 66.7 Å². The number of rotatable bonds is 4. The monoisotopic (exact) mass is 370 g/mol. The van der Waals surface area contributed by atoms with Crippen molar-refractivity contribution in [2.75, 3.05) is 0 Å². The summed E-state index contributed by atoms with van der Waals surface area (Å²) in [6.45, 7) is 5.48. The highest BCUT2D eigenvalue weighted by Gasteiger charge is 2.40. The number of carbonyl (C=O) groups is 2. The van der Waals surface area contributed by atoms with E-state index in [0.29, 0.717) is 17.1 Å². The van der Waals surface area contributed by atoms with Gasteiger partial charge in [0.1, 0.15) is 17.3 Å². The maximum absolute atomic E-state index is 13.4. The molecule has 2 atom stereocenters. The molecule has 1 aliphatic heterocycles. The van der Waals surface area contributed by atoms with Crippen LogP contribution in [0.25, 0.3) is 0 Å². The Balaban J connectivity index is 1.89. The minimum atomic E-state index is -0.798. The summed E-state index contributed by atoms with van der Waals surface area (Å²) in [6.07, 6.45) is 0. The maximum atomic E-state index is 13.4. The average molecular weight is 370 g/mol. The molecule has 0 aliphatic carbocycles. The Morgan fingerprint density at radius 3 is 2.18 bits per heavy atom. The number of fused-ring (bicyclic) bond motifs is 2. The van der Waals surface area contributed by atoms with Crippen LogP contribution in [0.2, 0.25) is 0 Å². The number of ketones is 2. The summed E-state index contributed by atoms with van der Waals surface area (Å²) in [7, 11) is 0. The topological polar surface area (TPSA) is 43.4 Å². The highest BCUT2D eigenvalue weighted by atomic mass is 16.5. The van der Waals surface area contributed by atoms with E-state index in [1.165, 1.54) is 6.92 Å². The van der Waals surface area contributed by atoms with Crippen LogP contribution in [0.1, 0.15) is 45.5 Å². The van der Waals surface area contributed by atoms with Crippen LogP contribution in [-0.2, 0) is 4.79 Å². The van der Waals surface area contributed by atoms with E-state index in [-0.39, 0.29) is 17.5 Å². The lowest BCUT2D eigenvalue weighted by Gasteiger charge is -2.32. The fourth-order valence-corrected chi connectivity index (χ4v) is 3.95. The lowest BCUT2D eigenvalue weighted by atomic mass is 9.73. The predicted molar refractivity (Wildman–Crippen MR) is 109 cm³/mol. The van der Waals surface area contributed by atoms with Gasteiger partial charge in [-0.05, 0) is 32.9 Å². The quantitative estimate of drug-likeness (QED) is 0.442. The van der Waals surface area contributed by atoms with Crippen molar-refractivity contribution in [2.24, 2.45) is 5.92 Å². The average Bonchev–Trinajstić information content (AvgIpc) is 2.68. The molecule has 3 nitrogen and oxygen atoms in total. The molecule has 4 rings (SSSR count). The molecule has 0 amide bonds. The Labute approximate surface area is 165 Å². The minimum Gasteiger partial charge on any atom is -0.457 e. The van der Waals surface area contributed by atoms with Crippen LogP contribution in [0.4, 0.5) is 0 Å². The molecule has 0 saturated carbocycles. The molecule has 3 aromatic carbocycles. The van der Waals surface area contributed by atoms with Crippen LogP contribution in [-0.4, -0.2) is 11.6 Å². The summed E-state index contributed by atoms with van der Waals surface area (Å²) < 4.78 is 6.07. The third-order valence-corrected chi connectivity index (χ3v) is 5.36. The number of ether oxygens (including phenoxy) is 1. The fraction of sp³-hybridized carbons (Fsp3) is 0.200. The van der Waals surface area contributed by atoms with E-state index in [1.807, 2.05) is 68.4 Å². The first kappa shape index (κ1) is 18.2. The van der Waals surface area contributed by atoms with Gasteiger partial charge in [0.2, 0.25) is 0 Å². The first-order valence-corrected chi connectivity index (χ1v) is 9.44. The Kier molecular flexibility index (Phi) is 4.60. The molecule has 0 fully saturated rings. The first-order valence-electron chi connectivity index (χ1n) is 9.44. The van der Waals surface area contributed by atoms with Crippen molar-refractivity contribution in [3.63, 3.8) is 0 Å². The zero-order chi connectivity index (χ0) is 19.8. The fourth-order valence-electron chi connectivity index (χ4n) is 3.95. The summed E-state index contributed by atoms with van der Waals surface area (Å²) in [4.78, 5) is 26.2. The second-order valence-corrected chi connectivity index (χ2v) is 7.48. The van der Waals surface area contributed by atoms with E-state index >= 15 is 0 Å². The van der Waals surface area contributed by atoms with Crippen molar-refractivity contribution in [2.45, 2.75) is 26.7 Å². The lowest BCUT2D eigenvalue weighted by molar-refractivity contribution is -0.119. The second kappa shape index (κ2) is 7.08. The Morgan fingerprint density at radius 2 is 1.46 bits per heavy atom. The van der Waals surface area contributed by atoms with Gasteiger partial charge in [-0.25, -0.2) is 0 Å². The normalized spacial score (nSPS) is 15.8. The van der Waals surface area contributed by atoms with Crippen LogP contribution >= 0.6 is 0 Å². The van der Waals surface area contributed by atoms with Crippen molar-refractivity contribution >= 4 is 11.6 Å². The van der Waals surface area contributed by atoms with E-state index in [1.54, 1.807) is 12.1 Å². The molecular formula is C25H22O3. The summed E-state index contributed by atoms with van der Waals surface area (Å²) in [5.74, 6) is -0.0510. The van der Waals surface area contributed by atoms with E-state index in [4.69, 9.17) is 4.74 Å². The minimum absolute atomic E-state index is 0.139. The lowest BCUT2D eigenvalue weighted by Crippen LogP contribution is -2.31. The molecule has 140 valence electrons. The van der Waals surface area contributed by atoms with Gasteiger partial charge >= 0.3 is 0 Å². The number of para-hydroxylation sites is 1. The number of Topliss-reactive ketones (excluding diaryl/α,β-unsaturated/α-hetero) is 2. The largest absolute Gasteiger partial charge is 0.457 e. The standard InChI is InChI=1S/C25H22O3/c1-15-8-11-18(12-9-15)25(27)23(17(3)26)24-19-6-4-5-7-21(19)28-22-13-10-16(2)14-20(22)24/h4-14,23-24H,1-3H3/t23-,24+/m1/s1. The van der Waals surface area contributed by atoms with Gasteiger partial charge in [-0.2, -0.15) is 0 Å².